The molecule has 0 unspecified atom stereocenters. The monoisotopic (exact) mass is 289 g/mol. The van der Waals surface area contributed by atoms with Gasteiger partial charge < -0.3 is 15.3 Å². The molecule has 1 aromatic rings. The van der Waals surface area contributed by atoms with Crippen molar-refractivity contribution in [2.45, 2.75) is 50.7 Å². The third-order valence-electron chi connectivity index (χ3n) is 4.69. The number of hydrogen-bond donors (Lipinski definition) is 2. The fourth-order valence-electron chi connectivity index (χ4n) is 3.67. The molecule has 114 valence electrons. The Labute approximate surface area is 125 Å². The quantitative estimate of drug-likeness (QED) is 0.879. The summed E-state index contributed by atoms with van der Waals surface area (Å²) in [6, 6.07) is 3.69. The SMILES string of the molecule is O=C(Nc1cccnc1)N1C[C@H](O)C[C@H]1C1CCCCC1. The maximum Gasteiger partial charge on any atom is 0.322 e. The Kier molecular flexibility index (Phi) is 4.39. The van der Waals surface area contributed by atoms with Crippen LogP contribution in [0.15, 0.2) is 24.5 Å². The number of aromatic nitrogens is 1. The van der Waals surface area contributed by atoms with Gasteiger partial charge in [-0.15, -0.1) is 0 Å². The second kappa shape index (κ2) is 6.43. The van der Waals surface area contributed by atoms with Crippen LogP contribution in [-0.4, -0.2) is 39.7 Å². The minimum Gasteiger partial charge on any atom is -0.391 e. The first-order chi connectivity index (χ1) is 10.2. The number of anilines is 1. The van der Waals surface area contributed by atoms with Gasteiger partial charge in [-0.05, 0) is 37.3 Å². The Morgan fingerprint density at radius 1 is 1.33 bits per heavy atom. The molecule has 5 heteroatoms. The molecule has 1 aliphatic heterocycles. The van der Waals surface area contributed by atoms with Crippen LogP contribution in [0.1, 0.15) is 38.5 Å². The van der Waals surface area contributed by atoms with E-state index in [-0.39, 0.29) is 12.1 Å². The molecule has 0 bridgehead atoms. The van der Waals surface area contributed by atoms with Gasteiger partial charge >= 0.3 is 6.03 Å². The van der Waals surface area contributed by atoms with Gasteiger partial charge in [-0.2, -0.15) is 0 Å². The van der Waals surface area contributed by atoms with Crippen molar-refractivity contribution >= 4 is 11.7 Å². The van der Waals surface area contributed by atoms with E-state index in [1.165, 1.54) is 32.1 Å². The van der Waals surface area contributed by atoms with E-state index in [9.17, 15) is 9.90 Å². The van der Waals surface area contributed by atoms with Crippen molar-refractivity contribution in [3.63, 3.8) is 0 Å². The van der Waals surface area contributed by atoms with Crippen LogP contribution < -0.4 is 5.32 Å². The van der Waals surface area contributed by atoms with E-state index in [0.717, 1.165) is 0 Å². The summed E-state index contributed by atoms with van der Waals surface area (Å²) in [5, 5.41) is 12.9. The number of likely N-dealkylation sites (tertiary alicyclic amines) is 1. The predicted octanol–water partition coefficient (Wildman–Crippen LogP) is 2.63. The van der Waals surface area contributed by atoms with Crippen LogP contribution in [0.4, 0.5) is 10.5 Å². The highest BCUT2D eigenvalue weighted by atomic mass is 16.3. The van der Waals surface area contributed by atoms with Gasteiger partial charge in [-0.1, -0.05) is 19.3 Å². The largest absolute Gasteiger partial charge is 0.391 e. The van der Waals surface area contributed by atoms with Crippen molar-refractivity contribution in [2.24, 2.45) is 5.92 Å². The van der Waals surface area contributed by atoms with Crippen molar-refractivity contribution < 1.29 is 9.90 Å². The molecule has 3 rings (SSSR count). The van der Waals surface area contributed by atoms with Crippen LogP contribution in [0.2, 0.25) is 0 Å². The van der Waals surface area contributed by atoms with Crippen LogP contribution in [-0.2, 0) is 0 Å². The van der Waals surface area contributed by atoms with Crippen LogP contribution in [0.3, 0.4) is 0 Å². The van der Waals surface area contributed by atoms with Gasteiger partial charge in [0.1, 0.15) is 0 Å². The zero-order valence-corrected chi connectivity index (χ0v) is 12.2. The predicted molar refractivity (Wildman–Crippen MR) is 80.9 cm³/mol. The minimum atomic E-state index is -0.392. The van der Waals surface area contributed by atoms with E-state index in [2.05, 4.69) is 10.3 Å². The first kappa shape index (κ1) is 14.3. The first-order valence-electron chi connectivity index (χ1n) is 7.90. The second-order valence-corrected chi connectivity index (χ2v) is 6.18. The molecule has 2 N–H and O–H groups in total. The smallest absolute Gasteiger partial charge is 0.322 e. The number of urea groups is 1. The molecule has 1 aromatic heterocycles. The molecular formula is C16H23N3O2. The van der Waals surface area contributed by atoms with Gasteiger partial charge in [0.15, 0.2) is 0 Å². The average Bonchev–Trinajstić information content (AvgIpc) is 2.91. The molecule has 1 saturated carbocycles. The third-order valence-corrected chi connectivity index (χ3v) is 4.69. The van der Waals surface area contributed by atoms with E-state index < -0.39 is 6.10 Å². The zero-order valence-electron chi connectivity index (χ0n) is 12.2. The second-order valence-electron chi connectivity index (χ2n) is 6.18. The lowest BCUT2D eigenvalue weighted by Crippen LogP contribution is -2.43. The highest BCUT2D eigenvalue weighted by molar-refractivity contribution is 5.89. The molecule has 2 aliphatic rings. The normalized spacial score (nSPS) is 26.8. The van der Waals surface area contributed by atoms with E-state index in [4.69, 9.17) is 0 Å². The van der Waals surface area contributed by atoms with Gasteiger partial charge in [-0.3, -0.25) is 4.98 Å². The Hall–Kier alpha value is -1.62. The number of carbonyl (C=O) groups is 1. The van der Waals surface area contributed by atoms with Gasteiger partial charge in [0.25, 0.3) is 0 Å². The van der Waals surface area contributed by atoms with Crippen LogP contribution in [0, 0.1) is 5.92 Å². The van der Waals surface area contributed by atoms with Crippen LogP contribution in [0.5, 0.6) is 0 Å². The summed E-state index contributed by atoms with van der Waals surface area (Å²) in [4.78, 5) is 18.3. The number of aliphatic hydroxyl groups excluding tert-OH is 1. The molecule has 2 heterocycles. The van der Waals surface area contributed by atoms with Crippen molar-refractivity contribution in [1.29, 1.82) is 0 Å². The number of aliphatic hydroxyl groups is 1. The number of nitrogens with zero attached hydrogens (tertiary/aromatic N) is 2. The molecule has 0 aromatic carbocycles. The van der Waals surface area contributed by atoms with E-state index in [0.29, 0.717) is 24.6 Å². The number of nitrogens with one attached hydrogen (secondary N) is 1. The number of amides is 2. The Balaban J connectivity index is 1.67. The number of rotatable bonds is 2. The van der Waals surface area contributed by atoms with E-state index in [1.54, 1.807) is 18.5 Å². The van der Waals surface area contributed by atoms with Crippen molar-refractivity contribution in [2.75, 3.05) is 11.9 Å². The summed E-state index contributed by atoms with van der Waals surface area (Å²) < 4.78 is 0. The maximum atomic E-state index is 12.5. The summed E-state index contributed by atoms with van der Waals surface area (Å²) in [6.45, 7) is 0.438. The minimum absolute atomic E-state index is 0.116. The lowest BCUT2D eigenvalue weighted by Gasteiger charge is -2.33. The lowest BCUT2D eigenvalue weighted by atomic mass is 9.83. The number of hydrogen-bond acceptors (Lipinski definition) is 3. The number of carbonyl (C=O) groups excluding carboxylic acids is 1. The van der Waals surface area contributed by atoms with Crippen LogP contribution >= 0.6 is 0 Å². The third kappa shape index (κ3) is 3.35. The number of β-amino-alcohol motifs (C(OH)–C–C–N with tert-alkyl or cyclic N) is 1. The zero-order chi connectivity index (χ0) is 14.7. The van der Waals surface area contributed by atoms with E-state index >= 15 is 0 Å². The lowest BCUT2D eigenvalue weighted by molar-refractivity contribution is 0.164. The standard InChI is InChI=1S/C16H23N3O2/c20-14-9-15(12-5-2-1-3-6-12)19(11-14)16(21)18-13-7-4-8-17-10-13/h4,7-8,10,12,14-15,20H,1-3,5-6,9,11H2,(H,18,21)/t14-,15+/m1/s1. The summed E-state index contributed by atoms with van der Waals surface area (Å²) in [5.41, 5.74) is 0.700. The summed E-state index contributed by atoms with van der Waals surface area (Å²) in [7, 11) is 0. The van der Waals surface area contributed by atoms with Crippen molar-refractivity contribution in [3.8, 4) is 0 Å². The van der Waals surface area contributed by atoms with Gasteiger partial charge in [0.2, 0.25) is 0 Å². The molecule has 1 saturated heterocycles. The molecule has 5 nitrogen and oxygen atoms in total. The van der Waals surface area contributed by atoms with Gasteiger partial charge in [-0.25, -0.2) is 4.79 Å². The molecule has 0 radical (unpaired) electrons. The van der Waals surface area contributed by atoms with E-state index in [1.807, 2.05) is 11.0 Å². The molecule has 2 fully saturated rings. The fourth-order valence-corrected chi connectivity index (χ4v) is 3.67. The topological polar surface area (TPSA) is 65.5 Å². The number of pyridine rings is 1. The highest BCUT2D eigenvalue weighted by Gasteiger charge is 2.39. The molecular weight excluding hydrogens is 266 g/mol. The Morgan fingerprint density at radius 2 is 2.14 bits per heavy atom. The van der Waals surface area contributed by atoms with Crippen molar-refractivity contribution in [1.82, 2.24) is 9.88 Å². The Bertz CT molecular complexity index is 474. The molecule has 2 atom stereocenters. The molecule has 2 amide bonds. The summed E-state index contributed by atoms with van der Waals surface area (Å²) in [5.74, 6) is 0.538. The van der Waals surface area contributed by atoms with Gasteiger partial charge in [0.05, 0.1) is 18.0 Å². The van der Waals surface area contributed by atoms with Gasteiger partial charge in [0, 0.05) is 18.8 Å². The fraction of sp³-hybridized carbons (Fsp3) is 0.625. The Morgan fingerprint density at radius 3 is 2.86 bits per heavy atom. The van der Waals surface area contributed by atoms with Crippen LogP contribution in [0.25, 0.3) is 0 Å². The molecule has 1 aliphatic carbocycles. The van der Waals surface area contributed by atoms with Crippen molar-refractivity contribution in [3.05, 3.63) is 24.5 Å². The highest BCUT2D eigenvalue weighted by Crippen LogP contribution is 2.34. The summed E-state index contributed by atoms with van der Waals surface area (Å²) in [6.07, 6.45) is 9.78. The molecule has 0 spiro atoms. The molecule has 21 heavy (non-hydrogen) atoms. The first-order valence-corrected chi connectivity index (χ1v) is 7.90. The summed E-state index contributed by atoms with van der Waals surface area (Å²) >= 11 is 0. The maximum absolute atomic E-state index is 12.5. The average molecular weight is 289 g/mol.